The fourth-order valence-corrected chi connectivity index (χ4v) is 3.50. The number of nitrogens with one attached hydrogen (secondary N) is 1. The van der Waals surface area contributed by atoms with Crippen LogP contribution in [-0.4, -0.2) is 22.5 Å². The topological polar surface area (TPSA) is 52.5 Å². The van der Waals surface area contributed by atoms with E-state index >= 15 is 0 Å². The Morgan fingerprint density at radius 3 is 2.23 bits per heavy atom. The Kier molecular flexibility index (Phi) is 1.79. The van der Waals surface area contributed by atoms with Crippen LogP contribution < -0.4 is 5.48 Å². The van der Waals surface area contributed by atoms with Crippen molar-refractivity contribution in [3.8, 4) is 0 Å². The molecule has 0 aromatic heterocycles. The van der Waals surface area contributed by atoms with Crippen molar-refractivity contribution < 1.29 is 10.3 Å². The molecule has 76 valence electrons. The molecule has 0 spiro atoms. The molecule has 2 saturated carbocycles. The molecule has 4 atom stereocenters. The van der Waals surface area contributed by atoms with Gasteiger partial charge < -0.3 is 10.3 Å². The zero-order valence-corrected chi connectivity index (χ0v) is 8.54. The number of aliphatic hydroxyl groups excluding tert-OH is 1. The van der Waals surface area contributed by atoms with Gasteiger partial charge in [-0.25, -0.2) is 0 Å². The van der Waals surface area contributed by atoms with Crippen LogP contribution >= 0.6 is 0 Å². The van der Waals surface area contributed by atoms with E-state index in [0.717, 1.165) is 12.8 Å². The number of rotatable bonds is 1. The van der Waals surface area contributed by atoms with Crippen LogP contribution in [0.15, 0.2) is 0 Å². The Labute approximate surface area is 79.1 Å². The van der Waals surface area contributed by atoms with E-state index in [1.165, 1.54) is 0 Å². The molecule has 0 radical (unpaired) electrons. The van der Waals surface area contributed by atoms with Crippen LogP contribution in [-0.2, 0) is 0 Å². The first-order valence-corrected chi connectivity index (χ1v) is 5.03. The highest BCUT2D eigenvalue weighted by molar-refractivity contribution is 5.16. The second-order valence-corrected chi connectivity index (χ2v) is 5.38. The second-order valence-electron chi connectivity index (χ2n) is 5.38. The number of hydrogen-bond donors (Lipinski definition) is 3. The smallest absolute Gasteiger partial charge is 0.0777 e. The Balaban J connectivity index is 2.39. The highest BCUT2D eigenvalue weighted by Crippen LogP contribution is 2.65. The highest BCUT2D eigenvalue weighted by atomic mass is 16.5. The van der Waals surface area contributed by atoms with E-state index in [0.29, 0.717) is 5.92 Å². The standard InChI is InChI=1S/C10H19NO2/c1-9(2)6-4-5-10(9,3)8(12)7(6)11-13/h6-8,11-13H,4-5H2,1-3H3. The van der Waals surface area contributed by atoms with Crippen LogP contribution in [0.1, 0.15) is 33.6 Å². The van der Waals surface area contributed by atoms with E-state index in [2.05, 4.69) is 26.3 Å². The molecule has 3 nitrogen and oxygen atoms in total. The largest absolute Gasteiger partial charge is 0.391 e. The maximum absolute atomic E-state index is 10.1. The third-order valence-electron chi connectivity index (χ3n) is 4.95. The summed E-state index contributed by atoms with van der Waals surface area (Å²) >= 11 is 0. The fourth-order valence-electron chi connectivity index (χ4n) is 3.50. The fraction of sp³-hybridized carbons (Fsp3) is 1.00. The lowest BCUT2D eigenvalue weighted by Crippen LogP contribution is -2.45. The molecule has 0 aliphatic heterocycles. The van der Waals surface area contributed by atoms with Crippen molar-refractivity contribution in [2.24, 2.45) is 16.7 Å². The molecule has 13 heavy (non-hydrogen) atoms. The number of aliphatic hydroxyl groups is 1. The highest BCUT2D eigenvalue weighted by Gasteiger charge is 2.65. The van der Waals surface area contributed by atoms with Crippen molar-refractivity contribution in [1.82, 2.24) is 5.48 Å². The quantitative estimate of drug-likeness (QED) is 0.537. The van der Waals surface area contributed by atoms with Crippen LogP contribution in [0.5, 0.6) is 0 Å². The van der Waals surface area contributed by atoms with Crippen molar-refractivity contribution in [2.75, 3.05) is 0 Å². The van der Waals surface area contributed by atoms with Gasteiger partial charge in [-0.2, -0.15) is 5.48 Å². The van der Waals surface area contributed by atoms with E-state index in [4.69, 9.17) is 5.21 Å². The SMILES string of the molecule is CC1(C)C2CCC1(C)C(O)C2NO. The summed E-state index contributed by atoms with van der Waals surface area (Å²) in [6.07, 6.45) is 1.77. The van der Waals surface area contributed by atoms with Crippen LogP contribution in [0.3, 0.4) is 0 Å². The van der Waals surface area contributed by atoms with Gasteiger partial charge in [0.25, 0.3) is 0 Å². The van der Waals surface area contributed by atoms with E-state index in [1.807, 2.05) is 0 Å². The van der Waals surface area contributed by atoms with Gasteiger partial charge in [-0.15, -0.1) is 0 Å². The van der Waals surface area contributed by atoms with Crippen molar-refractivity contribution in [1.29, 1.82) is 0 Å². The Morgan fingerprint density at radius 2 is 1.92 bits per heavy atom. The molecule has 3 heteroatoms. The Morgan fingerprint density at radius 1 is 1.31 bits per heavy atom. The Hall–Kier alpha value is -0.120. The summed E-state index contributed by atoms with van der Waals surface area (Å²) in [7, 11) is 0. The molecule has 2 aliphatic rings. The molecular weight excluding hydrogens is 166 g/mol. The van der Waals surface area contributed by atoms with Gasteiger partial charge in [-0.1, -0.05) is 20.8 Å². The van der Waals surface area contributed by atoms with Crippen LogP contribution in [0.25, 0.3) is 0 Å². The van der Waals surface area contributed by atoms with E-state index < -0.39 is 6.10 Å². The number of hydroxylamine groups is 1. The molecule has 2 bridgehead atoms. The predicted octanol–water partition coefficient (Wildman–Crippen LogP) is 1.15. The zero-order valence-electron chi connectivity index (χ0n) is 8.54. The summed E-state index contributed by atoms with van der Waals surface area (Å²) < 4.78 is 0. The summed E-state index contributed by atoms with van der Waals surface area (Å²) in [5.41, 5.74) is 2.38. The monoisotopic (exact) mass is 185 g/mol. The summed E-state index contributed by atoms with van der Waals surface area (Å²) in [6.45, 7) is 6.53. The van der Waals surface area contributed by atoms with Crippen LogP contribution in [0.2, 0.25) is 0 Å². The Bertz CT molecular complexity index is 229. The van der Waals surface area contributed by atoms with Gasteiger partial charge in [0.15, 0.2) is 0 Å². The molecule has 3 N–H and O–H groups in total. The van der Waals surface area contributed by atoms with Gasteiger partial charge in [0.05, 0.1) is 12.1 Å². The van der Waals surface area contributed by atoms with Crippen molar-refractivity contribution in [3.05, 3.63) is 0 Å². The molecule has 2 aliphatic carbocycles. The molecule has 0 aromatic rings. The maximum Gasteiger partial charge on any atom is 0.0777 e. The molecular formula is C10H19NO2. The molecule has 0 amide bonds. The minimum absolute atomic E-state index is 0.0297. The van der Waals surface area contributed by atoms with E-state index in [9.17, 15) is 5.11 Å². The third kappa shape index (κ3) is 0.853. The predicted molar refractivity (Wildman–Crippen MR) is 49.3 cm³/mol. The van der Waals surface area contributed by atoms with Crippen molar-refractivity contribution >= 4 is 0 Å². The number of hydrogen-bond acceptors (Lipinski definition) is 3. The lowest BCUT2D eigenvalue weighted by molar-refractivity contribution is -0.0284. The van der Waals surface area contributed by atoms with Crippen molar-refractivity contribution in [2.45, 2.75) is 45.8 Å². The molecule has 2 fully saturated rings. The third-order valence-corrected chi connectivity index (χ3v) is 4.95. The lowest BCUT2D eigenvalue weighted by atomic mass is 9.70. The molecule has 2 rings (SSSR count). The first kappa shape index (κ1) is 9.44. The van der Waals surface area contributed by atoms with E-state index in [-0.39, 0.29) is 16.9 Å². The minimum atomic E-state index is -0.411. The first-order valence-electron chi connectivity index (χ1n) is 5.03. The molecule has 0 aromatic carbocycles. The van der Waals surface area contributed by atoms with Gasteiger partial charge in [0.2, 0.25) is 0 Å². The maximum atomic E-state index is 10.1. The lowest BCUT2D eigenvalue weighted by Gasteiger charge is -2.36. The zero-order chi connectivity index (χ0) is 9.85. The van der Waals surface area contributed by atoms with Crippen LogP contribution in [0, 0.1) is 16.7 Å². The summed E-state index contributed by atoms with van der Waals surface area (Å²) in [6, 6.07) is -0.131. The molecule has 0 heterocycles. The molecule has 4 unspecified atom stereocenters. The van der Waals surface area contributed by atoms with Gasteiger partial charge in [-0.05, 0) is 24.2 Å². The van der Waals surface area contributed by atoms with Crippen molar-refractivity contribution in [3.63, 3.8) is 0 Å². The average molecular weight is 185 g/mol. The molecule has 0 saturated heterocycles. The summed E-state index contributed by atoms with van der Waals surface area (Å²) in [5.74, 6) is 0.400. The van der Waals surface area contributed by atoms with Gasteiger partial charge in [0.1, 0.15) is 0 Å². The van der Waals surface area contributed by atoms with Gasteiger partial charge >= 0.3 is 0 Å². The van der Waals surface area contributed by atoms with E-state index in [1.54, 1.807) is 0 Å². The normalized spacial score (nSPS) is 52.8. The average Bonchev–Trinajstić information content (AvgIpc) is 2.36. The van der Waals surface area contributed by atoms with Crippen LogP contribution in [0.4, 0.5) is 0 Å². The van der Waals surface area contributed by atoms with Gasteiger partial charge in [-0.3, -0.25) is 0 Å². The summed E-state index contributed by atoms with van der Waals surface area (Å²) in [5, 5.41) is 19.0. The summed E-state index contributed by atoms with van der Waals surface area (Å²) in [4.78, 5) is 0. The number of fused-ring (bicyclic) bond motifs is 2. The second kappa shape index (κ2) is 2.47. The van der Waals surface area contributed by atoms with Gasteiger partial charge in [0, 0.05) is 5.41 Å². The first-order chi connectivity index (χ1) is 5.95. The minimum Gasteiger partial charge on any atom is -0.391 e.